The topological polar surface area (TPSA) is 415 Å². The lowest BCUT2D eigenvalue weighted by Crippen LogP contribution is -2.41. The van der Waals surface area contributed by atoms with E-state index in [-0.39, 0.29) is 54.2 Å². The predicted octanol–water partition coefficient (Wildman–Crippen LogP) is 6.37. The number of rotatable bonds is 30. The van der Waals surface area contributed by atoms with Gasteiger partial charge in [-0.2, -0.15) is 8.62 Å². The second kappa shape index (κ2) is 27.1. The van der Waals surface area contributed by atoms with Crippen LogP contribution >= 0.6 is 23.5 Å². The number of phosphoric acid groups is 3. The molecular formula is C40H54N10O19P3+. The Morgan fingerprint density at radius 2 is 1.49 bits per heavy atom. The number of phosphoric ester groups is 1. The van der Waals surface area contributed by atoms with E-state index in [4.69, 9.17) is 58.7 Å². The lowest BCUT2D eigenvalue weighted by atomic mass is 9.99. The fourth-order valence-electron chi connectivity index (χ4n) is 7.11. The van der Waals surface area contributed by atoms with Crippen molar-refractivity contribution in [1.29, 1.82) is 0 Å². The summed E-state index contributed by atoms with van der Waals surface area (Å²) in [4.78, 5) is 78.1. The first-order valence-electron chi connectivity index (χ1n) is 21.8. The average molecular weight is 1070 g/mol. The monoisotopic (exact) mass is 1070 g/mol. The molecule has 4 aromatic rings. The number of hydrogen-bond acceptors (Lipinski definition) is 19. The largest absolute Gasteiger partial charge is 0.490 e. The summed E-state index contributed by atoms with van der Waals surface area (Å²) in [6.45, 7) is 7.07. The highest BCUT2D eigenvalue weighted by molar-refractivity contribution is 7.66. The van der Waals surface area contributed by atoms with Gasteiger partial charge in [0, 0.05) is 28.4 Å². The lowest BCUT2D eigenvalue weighted by molar-refractivity contribution is -0.740. The van der Waals surface area contributed by atoms with E-state index in [0.717, 1.165) is 6.42 Å². The molecule has 2 aromatic carbocycles. The van der Waals surface area contributed by atoms with Crippen LogP contribution in [-0.2, 0) is 73.2 Å². The van der Waals surface area contributed by atoms with Gasteiger partial charge in [-0.25, -0.2) is 27.9 Å². The van der Waals surface area contributed by atoms with Crippen LogP contribution in [0.25, 0.3) is 31.9 Å². The van der Waals surface area contributed by atoms with Gasteiger partial charge in [0.25, 0.3) is 0 Å². The van der Waals surface area contributed by atoms with Gasteiger partial charge in [0.2, 0.25) is 17.8 Å². The Bertz CT molecular complexity index is 2750. The minimum atomic E-state index is -5.89. The molecular weight excluding hydrogens is 1020 g/mol. The van der Waals surface area contributed by atoms with Gasteiger partial charge in [-0.3, -0.25) is 9.51 Å². The molecule has 29 nitrogen and oxygen atoms in total. The Labute approximate surface area is 410 Å². The summed E-state index contributed by atoms with van der Waals surface area (Å²) in [5, 5.41) is 7.68. The van der Waals surface area contributed by atoms with E-state index in [9.17, 15) is 38.6 Å². The highest BCUT2D eigenvalue weighted by Crippen LogP contribution is 2.66. The Morgan fingerprint density at radius 1 is 0.861 bits per heavy atom. The molecule has 0 bridgehead atoms. The first-order chi connectivity index (χ1) is 34.3. The molecule has 5 rings (SSSR count). The maximum Gasteiger partial charge on any atom is 0.490 e. The van der Waals surface area contributed by atoms with Crippen LogP contribution in [0.15, 0.2) is 65.2 Å². The number of carbonyl (C=O) groups is 2. The number of azide groups is 2. The minimum Gasteiger partial charge on any atom is -0.457 e. The van der Waals surface area contributed by atoms with Crippen molar-refractivity contribution in [1.82, 2.24) is 9.97 Å². The molecule has 392 valence electrons. The second-order valence-corrected chi connectivity index (χ2v) is 19.9. The molecule has 0 amide bonds. The summed E-state index contributed by atoms with van der Waals surface area (Å²) >= 11 is 0. The van der Waals surface area contributed by atoms with Crippen LogP contribution in [0.1, 0.15) is 94.9 Å². The van der Waals surface area contributed by atoms with E-state index in [1.54, 1.807) is 25.1 Å². The minimum absolute atomic E-state index is 0.0105. The molecule has 0 radical (unpaired) electrons. The first kappa shape index (κ1) is 57.5. The smallest absolute Gasteiger partial charge is 0.457 e. The van der Waals surface area contributed by atoms with E-state index < -0.39 is 72.5 Å². The number of aromatic nitrogens is 3. The van der Waals surface area contributed by atoms with Gasteiger partial charge in [-0.05, 0) is 46.3 Å². The van der Waals surface area contributed by atoms with Crippen LogP contribution in [0, 0.1) is 0 Å². The molecule has 1 saturated heterocycles. The molecule has 72 heavy (non-hydrogen) atoms. The van der Waals surface area contributed by atoms with E-state index in [0.29, 0.717) is 61.9 Å². The molecule has 1 fully saturated rings. The normalized spacial score (nSPS) is 18.3. The zero-order chi connectivity index (χ0) is 52.5. The Hall–Kier alpha value is -5.37. The summed E-state index contributed by atoms with van der Waals surface area (Å²) in [7, 11) is -17.3. The van der Waals surface area contributed by atoms with Crippen molar-refractivity contribution in [2.24, 2.45) is 10.2 Å². The molecule has 1 aliphatic heterocycles. The van der Waals surface area contributed by atoms with Crippen molar-refractivity contribution in [2.45, 2.75) is 77.3 Å². The third kappa shape index (κ3) is 17.1. The van der Waals surface area contributed by atoms with E-state index in [1.165, 1.54) is 48.3 Å². The van der Waals surface area contributed by atoms with Crippen molar-refractivity contribution >= 4 is 52.3 Å². The van der Waals surface area contributed by atoms with Gasteiger partial charge in [0.1, 0.15) is 24.2 Å². The Kier molecular flexibility index (Phi) is 21.6. The van der Waals surface area contributed by atoms with Gasteiger partial charge in [0.05, 0.1) is 82.3 Å². The molecule has 7 atom stereocenters. The number of hydrogen-bond donors (Lipinski definition) is 6. The van der Waals surface area contributed by atoms with Gasteiger partial charge in [-0.15, -0.1) is 0 Å². The van der Waals surface area contributed by atoms with E-state index >= 15 is 0 Å². The number of esters is 2. The van der Waals surface area contributed by atoms with Crippen LogP contribution in [0.2, 0.25) is 0 Å². The number of nitrogen functional groups attached to an aromatic ring is 1. The molecule has 0 saturated carbocycles. The summed E-state index contributed by atoms with van der Waals surface area (Å²) in [5.74, 6) is -1.73. The van der Waals surface area contributed by atoms with Crippen LogP contribution in [0.4, 0.5) is 5.82 Å². The quantitative estimate of drug-likeness (QED) is 0.00628. The van der Waals surface area contributed by atoms with E-state index in [1.807, 2.05) is 6.92 Å². The van der Waals surface area contributed by atoms with Gasteiger partial charge < -0.3 is 58.5 Å². The number of aromatic amines is 1. The van der Waals surface area contributed by atoms with Gasteiger partial charge in [-0.1, -0.05) is 66.3 Å². The number of nitrogens with zero attached hydrogens (tertiary/aromatic N) is 8. The van der Waals surface area contributed by atoms with E-state index in [2.05, 4.69) is 38.6 Å². The van der Waals surface area contributed by atoms with Gasteiger partial charge in [0.15, 0.2) is 6.23 Å². The Balaban J connectivity index is 1.30. The van der Waals surface area contributed by atoms with Crippen LogP contribution in [-0.4, -0.2) is 107 Å². The summed E-state index contributed by atoms with van der Waals surface area (Å²) in [5.41, 5.74) is 26.6. The molecule has 0 aliphatic carbocycles. The standard InChI is InChI=1S/C40H53N10O19P3/c1-4-11-60-12-13-61-14-15-62-16-17-63-21-27-9-10-31(32(18-27)26(3)47-49-43)39(51)64-22-28-20-44-38-36(28)37(41)45-24-50(38)35-19-33(67-40(52)30-8-6-5-7-29(30)25(2)46-48-42)34(66-35)23-65-71(56,57)69-72(58,59)68-70(53,54)55/h5-10,18,20,24-26,33-35H,4,11-17,19,21-23H2,1-3H3,(H6,41,44,53,54,55,56,57,58,59)/p+1/t25?,26?,33?,34-,35-/m1/s1. The fraction of sp³-hybridized carbons (Fsp3) is 0.500. The lowest BCUT2D eigenvalue weighted by Gasteiger charge is -2.21. The highest BCUT2D eigenvalue weighted by Gasteiger charge is 2.46. The number of anilines is 1. The van der Waals surface area contributed by atoms with Crippen molar-refractivity contribution in [2.75, 3.05) is 58.6 Å². The van der Waals surface area contributed by atoms with Crippen LogP contribution in [0.5, 0.6) is 0 Å². The fourth-order valence-corrected chi connectivity index (χ4v) is 10.1. The zero-order valence-electron chi connectivity index (χ0n) is 39.0. The van der Waals surface area contributed by atoms with Crippen LogP contribution in [0.3, 0.4) is 0 Å². The molecule has 5 unspecified atom stereocenters. The number of carbonyl (C=O) groups excluding carboxylic acids is 2. The van der Waals surface area contributed by atoms with Crippen LogP contribution < -0.4 is 10.3 Å². The number of fused-ring (bicyclic) bond motifs is 1. The maximum atomic E-state index is 13.7. The number of nitrogens with two attached hydrogens (primary N) is 1. The van der Waals surface area contributed by atoms with Crippen molar-refractivity contribution < 1.29 is 93.7 Å². The predicted molar refractivity (Wildman–Crippen MR) is 248 cm³/mol. The summed E-state index contributed by atoms with van der Waals surface area (Å²) in [6, 6.07) is 9.33. The molecule has 0 spiro atoms. The third-order valence-corrected chi connectivity index (χ3v) is 14.1. The highest BCUT2D eigenvalue weighted by atomic mass is 31.3. The number of benzene rings is 2. The number of nitrogens with one attached hydrogen (secondary N) is 1. The Morgan fingerprint density at radius 3 is 2.14 bits per heavy atom. The number of ether oxygens (including phenoxy) is 7. The maximum absolute atomic E-state index is 13.7. The molecule has 1 aliphatic rings. The third-order valence-electron chi connectivity index (χ3n) is 10.3. The molecule has 7 N–H and O–H groups in total. The van der Waals surface area contributed by atoms with Crippen molar-refractivity contribution in [3.63, 3.8) is 0 Å². The average Bonchev–Trinajstić information content (AvgIpc) is 3.94. The molecule has 3 heterocycles. The van der Waals surface area contributed by atoms with Crippen molar-refractivity contribution in [3.8, 4) is 0 Å². The molecule has 2 aromatic heterocycles. The van der Waals surface area contributed by atoms with Crippen molar-refractivity contribution in [3.05, 3.63) is 109 Å². The first-order valence-corrected chi connectivity index (χ1v) is 26.4. The zero-order valence-corrected chi connectivity index (χ0v) is 41.7. The molecule has 32 heteroatoms. The number of H-pyrrole nitrogens is 1. The summed E-state index contributed by atoms with van der Waals surface area (Å²) in [6.07, 6.45) is -0.471. The summed E-state index contributed by atoms with van der Waals surface area (Å²) < 4.78 is 89.6. The van der Waals surface area contributed by atoms with Gasteiger partial charge >= 0.3 is 35.4 Å². The second-order valence-electron chi connectivity index (χ2n) is 15.5. The SMILES string of the molecule is CCCOCCOCCOCCOCc1ccc(C(=O)OCc2c[nH]c3c2c(N)nc[n+]3[C@H]2CC(OC(=O)c3ccccc3C(C)N=[N+]=[N-])[C@@H](COP(=O)(O)OP(=O)(O)OP(=O)(O)O)O2)c(C(C)N=[N+]=[N-])c1.